The van der Waals surface area contributed by atoms with Crippen LogP contribution < -0.4 is 10.1 Å². The molecule has 6 nitrogen and oxygen atoms in total. The number of halogens is 2. The predicted octanol–water partition coefficient (Wildman–Crippen LogP) is 3.32. The maximum Gasteiger partial charge on any atom is 0.282 e. The van der Waals surface area contributed by atoms with Crippen LogP contribution in [0.1, 0.15) is 48.7 Å². The number of aromatic nitrogens is 2. The normalized spacial score (nSPS) is 20.6. The van der Waals surface area contributed by atoms with E-state index >= 15 is 0 Å². The Bertz CT molecular complexity index is 862. The van der Waals surface area contributed by atoms with E-state index in [1.165, 1.54) is 10.7 Å². The van der Waals surface area contributed by atoms with Gasteiger partial charge in [-0.1, -0.05) is 18.2 Å². The fourth-order valence-corrected chi connectivity index (χ4v) is 3.97. The summed E-state index contributed by atoms with van der Waals surface area (Å²) in [6, 6.07) is 8.78. The molecule has 1 fully saturated rings. The number of carbonyl (C=O) groups excluding carboxylic acids is 1. The van der Waals surface area contributed by atoms with Gasteiger partial charge in [0.25, 0.3) is 6.43 Å². The highest BCUT2D eigenvalue weighted by atomic mass is 19.3. The zero-order valence-electron chi connectivity index (χ0n) is 15.7. The Kier molecular flexibility index (Phi) is 5.05. The molecule has 1 aromatic heterocycles. The Morgan fingerprint density at radius 2 is 2.11 bits per heavy atom. The van der Waals surface area contributed by atoms with Crippen molar-refractivity contribution in [1.82, 2.24) is 15.1 Å². The fraction of sp³-hybridized carbons (Fsp3) is 0.500. The standard InChI is InChI=1S/C20H23F2N3O3/c1-13-10-15(19(21)22)24-25(13)12-18(26)23-16-11-20(6-8-27-9-7-20)28-17-5-3-2-4-14(16)17/h2-5,10,16,19H,6-9,11-12H2,1H3,(H,23,26)/t16-/m0/s1. The molecule has 28 heavy (non-hydrogen) atoms. The Morgan fingerprint density at radius 3 is 2.82 bits per heavy atom. The van der Waals surface area contributed by atoms with Gasteiger partial charge < -0.3 is 14.8 Å². The van der Waals surface area contributed by atoms with Crippen LogP contribution in [0.2, 0.25) is 0 Å². The number of para-hydroxylation sites is 1. The lowest BCUT2D eigenvalue weighted by molar-refractivity contribution is -0.124. The van der Waals surface area contributed by atoms with E-state index in [0.29, 0.717) is 25.3 Å². The molecule has 0 radical (unpaired) electrons. The lowest BCUT2D eigenvalue weighted by Gasteiger charge is -2.44. The van der Waals surface area contributed by atoms with Crippen LogP contribution in [-0.4, -0.2) is 34.5 Å². The number of fused-ring (bicyclic) bond motifs is 1. The number of hydrogen-bond donors (Lipinski definition) is 1. The number of ether oxygens (including phenoxy) is 2. The largest absolute Gasteiger partial charge is 0.487 e. The van der Waals surface area contributed by atoms with E-state index in [1.54, 1.807) is 6.92 Å². The first kappa shape index (κ1) is 18.9. The molecule has 150 valence electrons. The number of aryl methyl sites for hydroxylation is 1. The van der Waals surface area contributed by atoms with Gasteiger partial charge in [0.15, 0.2) is 0 Å². The Hall–Kier alpha value is -2.48. The summed E-state index contributed by atoms with van der Waals surface area (Å²) in [6.45, 7) is 2.82. The summed E-state index contributed by atoms with van der Waals surface area (Å²) in [5, 5.41) is 6.89. The molecule has 1 atom stereocenters. The summed E-state index contributed by atoms with van der Waals surface area (Å²) < 4.78 is 38.8. The first-order valence-electron chi connectivity index (χ1n) is 9.43. The average molecular weight is 391 g/mol. The lowest BCUT2D eigenvalue weighted by atomic mass is 9.82. The van der Waals surface area contributed by atoms with Crippen molar-refractivity contribution < 1.29 is 23.0 Å². The van der Waals surface area contributed by atoms with Crippen molar-refractivity contribution in [3.05, 3.63) is 47.3 Å². The molecule has 0 saturated carbocycles. The average Bonchev–Trinajstić information content (AvgIpc) is 3.03. The van der Waals surface area contributed by atoms with Gasteiger partial charge in [-0.25, -0.2) is 8.78 Å². The molecular formula is C20H23F2N3O3. The summed E-state index contributed by atoms with van der Waals surface area (Å²) >= 11 is 0. The number of benzene rings is 1. The fourth-order valence-electron chi connectivity index (χ4n) is 3.97. The van der Waals surface area contributed by atoms with E-state index in [0.717, 1.165) is 24.2 Å². The number of carbonyl (C=O) groups is 1. The number of amides is 1. The molecule has 3 heterocycles. The van der Waals surface area contributed by atoms with E-state index in [9.17, 15) is 13.6 Å². The molecule has 8 heteroatoms. The van der Waals surface area contributed by atoms with Crippen LogP contribution in [-0.2, 0) is 16.1 Å². The van der Waals surface area contributed by atoms with Gasteiger partial charge in [-0.2, -0.15) is 5.10 Å². The molecule has 1 saturated heterocycles. The second kappa shape index (κ2) is 7.50. The second-order valence-corrected chi connectivity index (χ2v) is 7.43. The summed E-state index contributed by atoms with van der Waals surface area (Å²) in [5.74, 6) is 0.507. The van der Waals surface area contributed by atoms with E-state index in [1.807, 2.05) is 24.3 Å². The van der Waals surface area contributed by atoms with Crippen molar-refractivity contribution >= 4 is 5.91 Å². The number of hydrogen-bond acceptors (Lipinski definition) is 4. The first-order valence-corrected chi connectivity index (χ1v) is 9.43. The molecule has 1 N–H and O–H groups in total. The summed E-state index contributed by atoms with van der Waals surface area (Å²) in [4.78, 5) is 12.7. The molecule has 0 bridgehead atoms. The Balaban J connectivity index is 1.52. The minimum Gasteiger partial charge on any atom is -0.487 e. The summed E-state index contributed by atoms with van der Waals surface area (Å²) in [6.07, 6.45) is -0.467. The van der Waals surface area contributed by atoms with Gasteiger partial charge in [0.2, 0.25) is 5.91 Å². The highest BCUT2D eigenvalue weighted by molar-refractivity contribution is 5.76. The number of alkyl halides is 2. The SMILES string of the molecule is Cc1cc(C(F)F)nn1CC(=O)N[C@H]1CC2(CCOCC2)Oc2ccccc21. The third-order valence-electron chi connectivity index (χ3n) is 5.45. The first-order chi connectivity index (χ1) is 13.5. The highest BCUT2D eigenvalue weighted by Gasteiger charge is 2.42. The topological polar surface area (TPSA) is 65.4 Å². The molecule has 2 aromatic rings. The van der Waals surface area contributed by atoms with Crippen molar-refractivity contribution in [2.75, 3.05) is 13.2 Å². The van der Waals surface area contributed by atoms with Crippen LogP contribution in [0, 0.1) is 6.92 Å². The van der Waals surface area contributed by atoms with Gasteiger partial charge in [0.05, 0.1) is 19.3 Å². The number of nitrogens with one attached hydrogen (secondary N) is 1. The predicted molar refractivity (Wildman–Crippen MR) is 97.3 cm³/mol. The molecule has 1 spiro atoms. The van der Waals surface area contributed by atoms with Crippen molar-refractivity contribution in [3.8, 4) is 5.75 Å². The van der Waals surface area contributed by atoms with Crippen molar-refractivity contribution in [3.63, 3.8) is 0 Å². The zero-order valence-corrected chi connectivity index (χ0v) is 15.7. The van der Waals surface area contributed by atoms with E-state index in [-0.39, 0.29) is 29.8 Å². The highest BCUT2D eigenvalue weighted by Crippen LogP contribution is 2.43. The maximum absolute atomic E-state index is 12.8. The maximum atomic E-state index is 12.8. The van der Waals surface area contributed by atoms with Crippen LogP contribution in [0.3, 0.4) is 0 Å². The van der Waals surface area contributed by atoms with Gasteiger partial charge in [-0.15, -0.1) is 0 Å². The third kappa shape index (κ3) is 3.73. The van der Waals surface area contributed by atoms with Crippen molar-refractivity contribution in [1.29, 1.82) is 0 Å². The molecule has 2 aliphatic rings. The van der Waals surface area contributed by atoms with E-state index in [2.05, 4.69) is 10.4 Å². The Labute approximate surface area is 161 Å². The van der Waals surface area contributed by atoms with Gasteiger partial charge in [-0.3, -0.25) is 9.48 Å². The van der Waals surface area contributed by atoms with Crippen molar-refractivity contribution in [2.45, 2.75) is 50.8 Å². The number of rotatable bonds is 4. The quantitative estimate of drug-likeness (QED) is 0.868. The van der Waals surface area contributed by atoms with Gasteiger partial charge in [0, 0.05) is 30.5 Å². The smallest absolute Gasteiger partial charge is 0.282 e. The van der Waals surface area contributed by atoms with Crippen LogP contribution in [0.4, 0.5) is 8.78 Å². The minimum atomic E-state index is -2.65. The van der Waals surface area contributed by atoms with Crippen molar-refractivity contribution in [2.24, 2.45) is 0 Å². The molecule has 0 aliphatic carbocycles. The molecule has 2 aliphatic heterocycles. The third-order valence-corrected chi connectivity index (χ3v) is 5.45. The van der Waals surface area contributed by atoms with Crippen LogP contribution >= 0.6 is 0 Å². The van der Waals surface area contributed by atoms with Crippen LogP contribution in [0.25, 0.3) is 0 Å². The van der Waals surface area contributed by atoms with E-state index in [4.69, 9.17) is 9.47 Å². The second-order valence-electron chi connectivity index (χ2n) is 7.43. The summed E-state index contributed by atoms with van der Waals surface area (Å²) in [5.41, 5.74) is 0.787. The minimum absolute atomic E-state index is 0.103. The van der Waals surface area contributed by atoms with Gasteiger partial charge in [0.1, 0.15) is 23.6 Å². The molecule has 0 unspecified atom stereocenters. The molecule has 4 rings (SSSR count). The zero-order chi connectivity index (χ0) is 19.7. The number of nitrogens with zero attached hydrogens (tertiary/aromatic N) is 2. The monoisotopic (exact) mass is 391 g/mol. The van der Waals surface area contributed by atoms with Crippen LogP contribution in [0.15, 0.2) is 30.3 Å². The van der Waals surface area contributed by atoms with Gasteiger partial charge in [-0.05, 0) is 19.1 Å². The molecular weight excluding hydrogens is 368 g/mol. The Morgan fingerprint density at radius 1 is 1.36 bits per heavy atom. The summed E-state index contributed by atoms with van der Waals surface area (Å²) in [7, 11) is 0. The molecule has 1 amide bonds. The van der Waals surface area contributed by atoms with E-state index < -0.39 is 6.43 Å². The lowest BCUT2D eigenvalue weighted by Crippen LogP contribution is -2.49. The molecule has 1 aromatic carbocycles. The van der Waals surface area contributed by atoms with Gasteiger partial charge >= 0.3 is 0 Å². The van der Waals surface area contributed by atoms with Crippen LogP contribution in [0.5, 0.6) is 5.75 Å².